The summed E-state index contributed by atoms with van der Waals surface area (Å²) in [6.07, 6.45) is 3.68. The first kappa shape index (κ1) is 10.4. The van der Waals surface area contributed by atoms with E-state index in [1.807, 2.05) is 24.4 Å². The summed E-state index contributed by atoms with van der Waals surface area (Å²) in [4.78, 5) is 7.59. The molecule has 1 aromatic carbocycles. The Bertz CT molecular complexity index is 688. The molecular weight excluding hydrogens is 278 g/mol. The number of nitrogen functional groups attached to an aromatic ring is 1. The number of nitrogens with zero attached hydrogens (tertiary/aromatic N) is 1. The van der Waals surface area contributed by atoms with E-state index in [1.54, 1.807) is 12.3 Å². The van der Waals surface area contributed by atoms with Crippen molar-refractivity contribution in [2.45, 2.75) is 0 Å². The second-order valence-corrected chi connectivity index (χ2v) is 4.69. The smallest absolute Gasteiger partial charge is 0.0743 e. The molecule has 0 saturated heterocycles. The van der Waals surface area contributed by atoms with Gasteiger partial charge in [-0.25, -0.2) is 0 Å². The lowest BCUT2D eigenvalue weighted by molar-refractivity contribution is 1.33. The summed E-state index contributed by atoms with van der Waals surface area (Å²) in [7, 11) is 0. The molecule has 0 aliphatic carbocycles. The minimum absolute atomic E-state index is 0.722. The van der Waals surface area contributed by atoms with Crippen molar-refractivity contribution < 1.29 is 0 Å². The van der Waals surface area contributed by atoms with E-state index in [9.17, 15) is 0 Å². The van der Waals surface area contributed by atoms with Crippen molar-refractivity contribution in [3.8, 4) is 11.3 Å². The number of hydrogen-bond donors (Lipinski definition) is 2. The van der Waals surface area contributed by atoms with Gasteiger partial charge < -0.3 is 10.7 Å². The summed E-state index contributed by atoms with van der Waals surface area (Å²) >= 11 is 3.52. The van der Waals surface area contributed by atoms with Gasteiger partial charge in [-0.2, -0.15) is 0 Å². The molecule has 0 saturated carbocycles. The number of fused-ring (bicyclic) bond motifs is 1. The summed E-state index contributed by atoms with van der Waals surface area (Å²) in [6, 6.07) is 9.75. The maximum Gasteiger partial charge on any atom is 0.0743 e. The van der Waals surface area contributed by atoms with E-state index in [1.165, 1.54) is 0 Å². The number of rotatable bonds is 1. The molecule has 3 nitrogen and oxygen atoms in total. The summed E-state index contributed by atoms with van der Waals surface area (Å²) < 4.78 is 1.05. The summed E-state index contributed by atoms with van der Waals surface area (Å²) in [5.41, 5.74) is 9.52. The zero-order valence-electron chi connectivity index (χ0n) is 8.94. The lowest BCUT2D eigenvalue weighted by Crippen LogP contribution is -1.87. The second-order valence-electron chi connectivity index (χ2n) is 3.84. The number of nitrogens with two attached hydrogens (primary N) is 1. The van der Waals surface area contributed by atoms with Crippen molar-refractivity contribution in [2.75, 3.05) is 5.73 Å². The van der Waals surface area contributed by atoms with E-state index in [0.29, 0.717) is 0 Å². The molecule has 3 N–H and O–H groups in total. The molecule has 0 aliphatic rings. The Balaban J connectivity index is 2.28. The highest BCUT2D eigenvalue weighted by Gasteiger charge is 2.08. The molecule has 4 heteroatoms. The molecule has 0 amide bonds. The third-order valence-electron chi connectivity index (χ3n) is 2.72. The normalized spacial score (nSPS) is 10.9. The number of H-pyrrole nitrogens is 1. The van der Waals surface area contributed by atoms with Gasteiger partial charge in [0.05, 0.1) is 11.2 Å². The minimum Gasteiger partial charge on any atom is -0.399 e. The van der Waals surface area contributed by atoms with Crippen molar-refractivity contribution >= 4 is 32.5 Å². The number of halogens is 1. The van der Waals surface area contributed by atoms with Crippen LogP contribution >= 0.6 is 15.9 Å². The SMILES string of the molecule is Nc1ccnc(-c2c[nH]c3c(Br)cccc23)c1. The average Bonchev–Trinajstić information content (AvgIpc) is 2.74. The van der Waals surface area contributed by atoms with Crippen molar-refractivity contribution in [1.82, 2.24) is 9.97 Å². The number of nitrogens with one attached hydrogen (secondary N) is 1. The maximum atomic E-state index is 5.78. The van der Waals surface area contributed by atoms with Crippen LogP contribution in [0.4, 0.5) is 5.69 Å². The van der Waals surface area contributed by atoms with Gasteiger partial charge >= 0.3 is 0 Å². The number of para-hydroxylation sites is 1. The third kappa shape index (κ3) is 1.70. The van der Waals surface area contributed by atoms with Crippen molar-refractivity contribution in [2.24, 2.45) is 0 Å². The fourth-order valence-electron chi connectivity index (χ4n) is 1.92. The molecule has 17 heavy (non-hydrogen) atoms. The number of aromatic amines is 1. The Morgan fingerprint density at radius 3 is 2.94 bits per heavy atom. The van der Waals surface area contributed by atoms with Crippen LogP contribution in [0.3, 0.4) is 0 Å². The topological polar surface area (TPSA) is 54.7 Å². The Labute approximate surface area is 107 Å². The molecule has 3 aromatic rings. The summed E-state index contributed by atoms with van der Waals surface area (Å²) in [5.74, 6) is 0. The van der Waals surface area contributed by atoms with Gasteiger partial charge in [0, 0.05) is 33.5 Å². The van der Waals surface area contributed by atoms with Crippen molar-refractivity contribution in [3.63, 3.8) is 0 Å². The molecule has 0 bridgehead atoms. The van der Waals surface area contributed by atoms with Crippen LogP contribution in [0.15, 0.2) is 47.2 Å². The molecule has 2 aromatic heterocycles. The van der Waals surface area contributed by atoms with Crippen LogP contribution in [-0.2, 0) is 0 Å². The zero-order valence-corrected chi connectivity index (χ0v) is 10.5. The molecule has 0 unspecified atom stereocenters. The third-order valence-corrected chi connectivity index (χ3v) is 3.39. The number of hydrogen-bond acceptors (Lipinski definition) is 2. The van der Waals surface area contributed by atoms with Crippen molar-refractivity contribution in [1.29, 1.82) is 0 Å². The lowest BCUT2D eigenvalue weighted by atomic mass is 10.1. The van der Waals surface area contributed by atoms with E-state index in [4.69, 9.17) is 5.73 Å². The molecule has 0 aliphatic heterocycles. The molecule has 0 spiro atoms. The van der Waals surface area contributed by atoms with E-state index in [2.05, 4.69) is 32.0 Å². The molecule has 0 radical (unpaired) electrons. The monoisotopic (exact) mass is 287 g/mol. The summed E-state index contributed by atoms with van der Waals surface area (Å²) in [6.45, 7) is 0. The van der Waals surface area contributed by atoms with Crippen LogP contribution in [-0.4, -0.2) is 9.97 Å². The fourth-order valence-corrected chi connectivity index (χ4v) is 2.40. The Kier molecular flexibility index (Phi) is 2.37. The van der Waals surface area contributed by atoms with Crippen molar-refractivity contribution in [3.05, 3.63) is 47.2 Å². The van der Waals surface area contributed by atoms with Crippen LogP contribution in [0, 0.1) is 0 Å². The van der Waals surface area contributed by atoms with Crippen LogP contribution in [0.2, 0.25) is 0 Å². The highest BCUT2D eigenvalue weighted by molar-refractivity contribution is 9.10. The quantitative estimate of drug-likeness (QED) is 0.719. The van der Waals surface area contributed by atoms with Gasteiger partial charge in [0.2, 0.25) is 0 Å². The molecule has 84 valence electrons. The Morgan fingerprint density at radius 1 is 1.24 bits per heavy atom. The number of anilines is 1. The zero-order chi connectivity index (χ0) is 11.8. The summed E-state index contributed by atoms with van der Waals surface area (Å²) in [5, 5.41) is 1.14. The average molecular weight is 288 g/mol. The Hall–Kier alpha value is -1.81. The predicted octanol–water partition coefficient (Wildman–Crippen LogP) is 3.57. The number of benzene rings is 1. The number of aromatic nitrogens is 2. The van der Waals surface area contributed by atoms with Crippen LogP contribution < -0.4 is 5.73 Å². The van der Waals surface area contributed by atoms with Crippen LogP contribution in [0.5, 0.6) is 0 Å². The van der Waals surface area contributed by atoms with E-state index >= 15 is 0 Å². The van der Waals surface area contributed by atoms with E-state index < -0.39 is 0 Å². The predicted molar refractivity (Wildman–Crippen MR) is 73.6 cm³/mol. The molecule has 3 rings (SSSR count). The first-order chi connectivity index (χ1) is 8.25. The van der Waals surface area contributed by atoms with Gasteiger partial charge in [0.25, 0.3) is 0 Å². The van der Waals surface area contributed by atoms with Gasteiger partial charge in [-0.15, -0.1) is 0 Å². The van der Waals surface area contributed by atoms with Gasteiger partial charge in [-0.05, 0) is 34.1 Å². The number of pyridine rings is 1. The fraction of sp³-hybridized carbons (Fsp3) is 0. The molecule has 0 atom stereocenters. The highest BCUT2D eigenvalue weighted by atomic mass is 79.9. The standard InChI is InChI=1S/C13H10BrN3/c14-11-3-1-2-9-10(7-17-13(9)11)12-6-8(15)4-5-16-12/h1-7,17H,(H2,15,16). The van der Waals surface area contributed by atoms with Gasteiger partial charge in [-0.1, -0.05) is 12.1 Å². The first-order valence-electron chi connectivity index (χ1n) is 5.23. The van der Waals surface area contributed by atoms with Crippen LogP contribution in [0.25, 0.3) is 22.2 Å². The first-order valence-corrected chi connectivity index (χ1v) is 6.02. The maximum absolute atomic E-state index is 5.78. The largest absolute Gasteiger partial charge is 0.399 e. The molecule has 0 fully saturated rings. The lowest BCUT2D eigenvalue weighted by Gasteiger charge is -2.00. The molecule has 2 heterocycles. The Morgan fingerprint density at radius 2 is 2.12 bits per heavy atom. The minimum atomic E-state index is 0.722. The van der Waals surface area contributed by atoms with Gasteiger partial charge in [-0.3, -0.25) is 4.98 Å². The van der Waals surface area contributed by atoms with E-state index in [-0.39, 0.29) is 0 Å². The highest BCUT2D eigenvalue weighted by Crippen LogP contribution is 2.31. The second kappa shape index (κ2) is 3.89. The molecular formula is C13H10BrN3. The van der Waals surface area contributed by atoms with E-state index in [0.717, 1.165) is 32.3 Å². The van der Waals surface area contributed by atoms with Crippen LogP contribution in [0.1, 0.15) is 0 Å². The van der Waals surface area contributed by atoms with Gasteiger partial charge in [0.1, 0.15) is 0 Å². The van der Waals surface area contributed by atoms with Gasteiger partial charge in [0.15, 0.2) is 0 Å².